The first-order chi connectivity index (χ1) is 11.8. The molecule has 2 saturated heterocycles. The van der Waals surface area contributed by atoms with Crippen LogP contribution < -0.4 is 5.69 Å². The molecule has 0 unspecified atom stereocenters. The zero-order chi connectivity index (χ0) is 18.4. The van der Waals surface area contributed by atoms with Crippen LogP contribution in [-0.4, -0.2) is 58.4 Å². The second kappa shape index (κ2) is 6.27. The Labute approximate surface area is 142 Å². The lowest BCUT2D eigenvalue weighted by atomic mass is 10.1. The summed E-state index contributed by atoms with van der Waals surface area (Å²) in [6.07, 6.45) is -3.12. The Morgan fingerprint density at radius 3 is 2.72 bits per heavy atom. The van der Waals surface area contributed by atoms with Gasteiger partial charge in [-0.1, -0.05) is 0 Å². The van der Waals surface area contributed by atoms with E-state index in [1.807, 2.05) is 6.07 Å². The number of nitriles is 1. The van der Waals surface area contributed by atoms with Gasteiger partial charge in [-0.2, -0.15) is 5.26 Å². The zero-order valence-corrected chi connectivity index (χ0v) is 14.0. The third-order valence-corrected chi connectivity index (χ3v) is 4.23. The Morgan fingerprint density at radius 1 is 1.44 bits per heavy atom. The van der Waals surface area contributed by atoms with Gasteiger partial charge in [0.05, 0.1) is 31.9 Å². The summed E-state index contributed by atoms with van der Waals surface area (Å²) in [6, 6.07) is 1.92. The van der Waals surface area contributed by atoms with Crippen molar-refractivity contribution in [3.63, 3.8) is 0 Å². The van der Waals surface area contributed by atoms with Crippen molar-refractivity contribution in [2.75, 3.05) is 13.7 Å². The van der Waals surface area contributed by atoms with Gasteiger partial charge >= 0.3 is 11.7 Å². The molecule has 2 aliphatic heterocycles. The lowest BCUT2D eigenvalue weighted by molar-refractivity contribution is -0.200. The summed E-state index contributed by atoms with van der Waals surface area (Å²) < 4.78 is 23.1. The summed E-state index contributed by atoms with van der Waals surface area (Å²) in [6.45, 7) is 3.10. The summed E-state index contributed by atoms with van der Waals surface area (Å²) in [7, 11) is 1.18. The standard InChI is InChI=1S/C15H19N3O7/c1-15(2)24-10-8(6-19)23-12(11(10)25-15)18-7(4-5-16)9(13(20)22-3)17-14(18)21/h8,10-12,19H,4,6H2,1-3H3,(H,17,21)/t8-,10-,11-,12-/m1/s1. The molecule has 136 valence electrons. The van der Waals surface area contributed by atoms with Gasteiger partial charge in [-0.15, -0.1) is 0 Å². The van der Waals surface area contributed by atoms with Crippen molar-refractivity contribution in [3.05, 3.63) is 21.9 Å². The Balaban J connectivity index is 2.07. The predicted octanol–water partition coefficient (Wildman–Crippen LogP) is -0.561. The Morgan fingerprint density at radius 2 is 2.12 bits per heavy atom. The first-order valence-corrected chi connectivity index (χ1v) is 7.73. The highest BCUT2D eigenvalue weighted by Crippen LogP contribution is 2.43. The molecule has 3 rings (SSSR count). The van der Waals surface area contributed by atoms with Crippen LogP contribution in [0.3, 0.4) is 0 Å². The topological polar surface area (TPSA) is 136 Å². The molecule has 0 aromatic carbocycles. The number of imidazole rings is 1. The van der Waals surface area contributed by atoms with Gasteiger partial charge in [0.25, 0.3) is 0 Å². The van der Waals surface area contributed by atoms with Gasteiger partial charge in [-0.25, -0.2) is 9.59 Å². The van der Waals surface area contributed by atoms with E-state index < -0.39 is 42.0 Å². The monoisotopic (exact) mass is 353 g/mol. The molecule has 2 N–H and O–H groups in total. The van der Waals surface area contributed by atoms with E-state index in [-0.39, 0.29) is 24.4 Å². The molecule has 2 aliphatic rings. The molecule has 0 aliphatic carbocycles. The number of hydrogen-bond donors (Lipinski definition) is 2. The number of ether oxygens (including phenoxy) is 4. The third-order valence-electron chi connectivity index (χ3n) is 4.23. The summed E-state index contributed by atoms with van der Waals surface area (Å²) in [5.41, 5.74) is -0.615. The van der Waals surface area contributed by atoms with Crippen molar-refractivity contribution in [2.24, 2.45) is 0 Å². The average molecular weight is 353 g/mol. The summed E-state index contributed by atoms with van der Waals surface area (Å²) >= 11 is 0. The number of hydrogen-bond acceptors (Lipinski definition) is 8. The van der Waals surface area contributed by atoms with Gasteiger partial charge in [-0.3, -0.25) is 9.55 Å². The van der Waals surface area contributed by atoms with E-state index in [0.717, 1.165) is 4.57 Å². The van der Waals surface area contributed by atoms with Gasteiger partial charge in [0.15, 0.2) is 12.0 Å². The molecule has 2 fully saturated rings. The number of nitrogens with one attached hydrogen (secondary N) is 1. The molecule has 1 aromatic rings. The van der Waals surface area contributed by atoms with Crippen LogP contribution in [0.2, 0.25) is 0 Å². The van der Waals surface area contributed by atoms with Crippen LogP contribution >= 0.6 is 0 Å². The number of nitrogens with zero attached hydrogens (tertiary/aromatic N) is 2. The van der Waals surface area contributed by atoms with Crippen molar-refractivity contribution >= 4 is 5.97 Å². The maximum atomic E-state index is 12.4. The van der Waals surface area contributed by atoms with Crippen LogP contribution in [0.5, 0.6) is 0 Å². The summed E-state index contributed by atoms with van der Waals surface area (Å²) in [5.74, 6) is -1.68. The normalized spacial score (nSPS) is 30.0. The predicted molar refractivity (Wildman–Crippen MR) is 80.5 cm³/mol. The zero-order valence-electron chi connectivity index (χ0n) is 14.0. The second-order valence-corrected chi connectivity index (χ2v) is 6.26. The fraction of sp³-hybridized carbons (Fsp3) is 0.667. The summed E-state index contributed by atoms with van der Waals surface area (Å²) in [5, 5.41) is 18.6. The van der Waals surface area contributed by atoms with E-state index in [4.69, 9.17) is 19.5 Å². The first-order valence-electron chi connectivity index (χ1n) is 7.73. The van der Waals surface area contributed by atoms with E-state index in [1.54, 1.807) is 13.8 Å². The number of methoxy groups -OCH3 is 1. The van der Waals surface area contributed by atoms with Crippen molar-refractivity contribution in [1.82, 2.24) is 9.55 Å². The number of aromatic amines is 1. The average Bonchev–Trinajstić information content (AvgIpc) is 3.16. The third kappa shape index (κ3) is 2.85. The van der Waals surface area contributed by atoms with Crippen LogP contribution in [0.15, 0.2) is 4.79 Å². The van der Waals surface area contributed by atoms with Crippen molar-refractivity contribution in [3.8, 4) is 6.07 Å². The highest BCUT2D eigenvalue weighted by atomic mass is 16.8. The van der Waals surface area contributed by atoms with Crippen LogP contribution in [0.25, 0.3) is 0 Å². The number of aliphatic hydroxyl groups is 1. The minimum Gasteiger partial charge on any atom is -0.464 e. The Bertz CT molecular complexity index is 775. The van der Waals surface area contributed by atoms with Crippen molar-refractivity contribution in [2.45, 2.75) is 50.6 Å². The quantitative estimate of drug-likeness (QED) is 0.688. The van der Waals surface area contributed by atoms with Gasteiger partial charge in [0.1, 0.15) is 24.0 Å². The van der Waals surface area contributed by atoms with Gasteiger partial charge in [0.2, 0.25) is 0 Å². The molecule has 0 radical (unpaired) electrons. The molecule has 0 saturated carbocycles. The fourth-order valence-corrected chi connectivity index (χ4v) is 3.28. The number of rotatable bonds is 4. The smallest absolute Gasteiger partial charge is 0.356 e. The summed E-state index contributed by atoms with van der Waals surface area (Å²) in [4.78, 5) is 26.7. The number of carbonyl (C=O) groups is 1. The van der Waals surface area contributed by atoms with Crippen molar-refractivity contribution in [1.29, 1.82) is 5.26 Å². The SMILES string of the molecule is COC(=O)c1[nH]c(=O)n([C@@H]2O[C@H](CO)[C@H]3OC(C)(C)O[C@H]32)c1CC#N. The van der Waals surface area contributed by atoms with Crippen LogP contribution in [-0.2, 0) is 25.4 Å². The fourth-order valence-electron chi connectivity index (χ4n) is 3.28. The maximum Gasteiger partial charge on any atom is 0.356 e. The van der Waals surface area contributed by atoms with E-state index in [1.165, 1.54) is 7.11 Å². The molecule has 25 heavy (non-hydrogen) atoms. The number of aliphatic hydroxyl groups excluding tert-OH is 1. The number of fused-ring (bicyclic) bond motifs is 1. The van der Waals surface area contributed by atoms with E-state index >= 15 is 0 Å². The molecule has 0 bridgehead atoms. The second-order valence-electron chi connectivity index (χ2n) is 6.26. The van der Waals surface area contributed by atoms with Gasteiger partial charge < -0.3 is 24.1 Å². The lowest BCUT2D eigenvalue weighted by Gasteiger charge is -2.24. The molecule has 10 heteroatoms. The van der Waals surface area contributed by atoms with Gasteiger partial charge in [0, 0.05) is 0 Å². The highest BCUT2D eigenvalue weighted by molar-refractivity contribution is 5.88. The molecule has 3 heterocycles. The molecule has 0 amide bonds. The Hall–Kier alpha value is -2.19. The van der Waals surface area contributed by atoms with Gasteiger partial charge in [-0.05, 0) is 13.8 Å². The molecule has 4 atom stereocenters. The molecule has 0 spiro atoms. The maximum absolute atomic E-state index is 12.4. The van der Waals surface area contributed by atoms with Crippen LogP contribution in [0.4, 0.5) is 0 Å². The van der Waals surface area contributed by atoms with Crippen LogP contribution in [0, 0.1) is 11.3 Å². The largest absolute Gasteiger partial charge is 0.464 e. The lowest BCUT2D eigenvalue weighted by Crippen LogP contribution is -2.34. The van der Waals surface area contributed by atoms with Crippen LogP contribution in [0.1, 0.15) is 36.3 Å². The number of carbonyl (C=O) groups excluding carboxylic acids is 1. The molecule has 10 nitrogen and oxygen atoms in total. The molecular formula is C15H19N3O7. The van der Waals surface area contributed by atoms with E-state index in [0.29, 0.717) is 0 Å². The number of esters is 1. The minimum atomic E-state index is -0.950. The van der Waals surface area contributed by atoms with Crippen molar-refractivity contribution < 1.29 is 28.8 Å². The first kappa shape index (κ1) is 17.6. The number of aromatic nitrogens is 2. The highest BCUT2D eigenvalue weighted by Gasteiger charge is 2.56. The van der Waals surface area contributed by atoms with E-state index in [9.17, 15) is 14.7 Å². The van der Waals surface area contributed by atoms with E-state index in [2.05, 4.69) is 9.72 Å². The molecular weight excluding hydrogens is 334 g/mol. The minimum absolute atomic E-state index is 0.111. The molecule has 1 aromatic heterocycles. The Kier molecular flexibility index (Phi) is 4.42. The number of H-pyrrole nitrogens is 1.